The molecule has 1 aromatic rings. The van der Waals surface area contributed by atoms with Gasteiger partial charge in [0.25, 0.3) is 5.60 Å². The number of ether oxygens (including phenoxy) is 1. The third-order valence-electron chi connectivity index (χ3n) is 2.30. The van der Waals surface area contributed by atoms with Gasteiger partial charge in [0, 0.05) is 10.0 Å². The van der Waals surface area contributed by atoms with Crippen molar-refractivity contribution in [3.05, 3.63) is 34.1 Å². The van der Waals surface area contributed by atoms with E-state index in [1.165, 1.54) is 6.92 Å². The molecule has 0 fully saturated rings. The van der Waals surface area contributed by atoms with Gasteiger partial charge >= 0.3 is 12.1 Å². The molecular formula is C11H9BrF4O3. The molecular weight excluding hydrogens is 336 g/mol. The average molecular weight is 345 g/mol. The summed E-state index contributed by atoms with van der Waals surface area (Å²) >= 11 is 2.85. The number of hydrogen-bond donors (Lipinski definition) is 1. The zero-order valence-corrected chi connectivity index (χ0v) is 11.2. The topological polar surface area (TPSA) is 46.5 Å². The van der Waals surface area contributed by atoms with Crippen LogP contribution in [0.15, 0.2) is 22.7 Å². The van der Waals surface area contributed by atoms with Gasteiger partial charge < -0.3 is 9.84 Å². The fraction of sp³-hybridized carbons (Fsp3) is 0.364. The van der Waals surface area contributed by atoms with Crippen LogP contribution < -0.4 is 0 Å². The molecule has 0 spiro atoms. The molecule has 0 saturated heterocycles. The molecule has 0 heterocycles. The number of carbonyl (C=O) groups excluding carboxylic acids is 1. The maximum atomic E-state index is 13.5. The average Bonchev–Trinajstić information content (AvgIpc) is 2.30. The standard InChI is InChI=1S/C11H9BrF4O3/c1-2-19-9(17)10(18,11(14,15)16)7-5-6(12)3-4-8(7)13/h3-5,18H,2H2,1H3. The van der Waals surface area contributed by atoms with Crippen LogP contribution in [0.3, 0.4) is 0 Å². The van der Waals surface area contributed by atoms with Crippen LogP contribution >= 0.6 is 15.9 Å². The largest absolute Gasteiger partial charge is 0.463 e. The smallest absolute Gasteiger partial charge is 0.432 e. The van der Waals surface area contributed by atoms with Gasteiger partial charge in [0.05, 0.1) is 6.61 Å². The monoisotopic (exact) mass is 344 g/mol. The molecule has 0 aromatic heterocycles. The highest BCUT2D eigenvalue weighted by Crippen LogP contribution is 2.41. The molecule has 0 amide bonds. The molecule has 0 aliphatic rings. The lowest BCUT2D eigenvalue weighted by molar-refractivity contribution is -0.268. The molecule has 1 aromatic carbocycles. The Morgan fingerprint density at radius 2 is 2.00 bits per heavy atom. The summed E-state index contributed by atoms with van der Waals surface area (Å²) in [7, 11) is 0. The highest BCUT2D eigenvalue weighted by atomic mass is 79.9. The van der Waals surface area contributed by atoms with Gasteiger partial charge in [-0.2, -0.15) is 13.2 Å². The van der Waals surface area contributed by atoms with Crippen LogP contribution in [-0.4, -0.2) is 23.9 Å². The molecule has 8 heteroatoms. The number of esters is 1. The Bertz CT molecular complexity index is 489. The number of hydrogen-bond acceptors (Lipinski definition) is 3. The van der Waals surface area contributed by atoms with E-state index in [1.807, 2.05) is 0 Å². The van der Waals surface area contributed by atoms with Crippen molar-refractivity contribution in [3.8, 4) is 0 Å². The Labute approximate surface area is 114 Å². The lowest BCUT2D eigenvalue weighted by Crippen LogP contribution is -2.50. The summed E-state index contributed by atoms with van der Waals surface area (Å²) in [5.74, 6) is -3.34. The first-order valence-electron chi connectivity index (χ1n) is 5.06. The van der Waals surface area contributed by atoms with Crippen molar-refractivity contribution in [1.29, 1.82) is 0 Å². The van der Waals surface area contributed by atoms with E-state index in [9.17, 15) is 27.5 Å². The highest BCUT2D eigenvalue weighted by molar-refractivity contribution is 9.10. The Morgan fingerprint density at radius 3 is 2.47 bits per heavy atom. The van der Waals surface area contributed by atoms with Gasteiger partial charge in [-0.25, -0.2) is 9.18 Å². The van der Waals surface area contributed by atoms with E-state index in [0.717, 1.165) is 6.07 Å². The maximum Gasteiger partial charge on any atom is 0.432 e. The predicted molar refractivity (Wildman–Crippen MR) is 60.7 cm³/mol. The van der Waals surface area contributed by atoms with Gasteiger partial charge in [-0.1, -0.05) is 15.9 Å². The van der Waals surface area contributed by atoms with Crippen molar-refractivity contribution in [2.24, 2.45) is 0 Å². The molecule has 1 unspecified atom stereocenters. The molecule has 1 rings (SSSR count). The van der Waals surface area contributed by atoms with Gasteiger partial charge in [0.2, 0.25) is 0 Å². The molecule has 1 atom stereocenters. The second-order valence-electron chi connectivity index (χ2n) is 3.55. The van der Waals surface area contributed by atoms with Crippen molar-refractivity contribution in [1.82, 2.24) is 0 Å². The van der Waals surface area contributed by atoms with Gasteiger partial charge in [-0.3, -0.25) is 0 Å². The van der Waals surface area contributed by atoms with E-state index in [2.05, 4.69) is 20.7 Å². The van der Waals surface area contributed by atoms with E-state index in [0.29, 0.717) is 12.1 Å². The number of benzene rings is 1. The summed E-state index contributed by atoms with van der Waals surface area (Å²) < 4.78 is 56.6. The molecule has 3 nitrogen and oxygen atoms in total. The number of aliphatic hydroxyl groups is 1. The fourth-order valence-corrected chi connectivity index (χ4v) is 1.75. The Kier molecular flexibility index (Phi) is 4.57. The highest BCUT2D eigenvalue weighted by Gasteiger charge is 2.63. The number of alkyl halides is 3. The van der Waals surface area contributed by atoms with Crippen LogP contribution in [0.4, 0.5) is 17.6 Å². The molecule has 19 heavy (non-hydrogen) atoms. The Morgan fingerprint density at radius 1 is 1.42 bits per heavy atom. The van der Waals surface area contributed by atoms with E-state index in [1.54, 1.807) is 0 Å². The van der Waals surface area contributed by atoms with E-state index in [4.69, 9.17) is 0 Å². The van der Waals surface area contributed by atoms with E-state index in [-0.39, 0.29) is 11.1 Å². The summed E-state index contributed by atoms with van der Waals surface area (Å²) in [6, 6.07) is 2.52. The van der Waals surface area contributed by atoms with E-state index >= 15 is 0 Å². The predicted octanol–water partition coefficient (Wildman–Crippen LogP) is 2.90. The SMILES string of the molecule is CCOC(=O)C(O)(c1cc(Br)ccc1F)C(F)(F)F. The minimum Gasteiger partial charge on any atom is -0.463 e. The molecule has 0 aliphatic heterocycles. The zero-order chi connectivity index (χ0) is 14.8. The van der Waals surface area contributed by atoms with Crippen molar-refractivity contribution in [2.45, 2.75) is 18.7 Å². The summed E-state index contributed by atoms with van der Waals surface area (Å²) in [4.78, 5) is 11.4. The normalized spacial score (nSPS) is 14.9. The van der Waals surface area contributed by atoms with Crippen molar-refractivity contribution in [3.63, 3.8) is 0 Å². The summed E-state index contributed by atoms with van der Waals surface area (Å²) in [5, 5.41) is 9.66. The van der Waals surface area contributed by atoms with Gasteiger partial charge in [0.1, 0.15) is 5.82 Å². The van der Waals surface area contributed by atoms with E-state index < -0.39 is 29.1 Å². The second kappa shape index (κ2) is 5.46. The molecule has 0 radical (unpaired) electrons. The Hall–Kier alpha value is -1.15. The fourth-order valence-electron chi connectivity index (χ4n) is 1.39. The minimum atomic E-state index is -5.42. The van der Waals surface area contributed by atoms with Gasteiger partial charge in [0.15, 0.2) is 0 Å². The minimum absolute atomic E-state index is 0.0795. The Balaban J connectivity index is 3.48. The van der Waals surface area contributed by atoms with Crippen LogP contribution in [-0.2, 0) is 15.1 Å². The third-order valence-corrected chi connectivity index (χ3v) is 2.79. The zero-order valence-electron chi connectivity index (χ0n) is 9.59. The van der Waals surface area contributed by atoms with Crippen LogP contribution in [0.25, 0.3) is 0 Å². The first kappa shape index (κ1) is 15.9. The van der Waals surface area contributed by atoms with Gasteiger partial charge in [-0.15, -0.1) is 0 Å². The third kappa shape index (κ3) is 2.89. The molecule has 106 valence electrons. The molecule has 1 N–H and O–H groups in total. The number of rotatable bonds is 3. The first-order valence-corrected chi connectivity index (χ1v) is 5.85. The summed E-state index contributed by atoms with van der Waals surface area (Å²) in [5.41, 5.74) is -5.26. The molecule has 0 aliphatic carbocycles. The summed E-state index contributed by atoms with van der Waals surface area (Å²) in [6.07, 6.45) is -5.42. The summed E-state index contributed by atoms with van der Waals surface area (Å²) in [6.45, 7) is 0.888. The van der Waals surface area contributed by atoms with Gasteiger partial charge in [-0.05, 0) is 25.1 Å². The maximum absolute atomic E-state index is 13.5. The van der Waals surface area contributed by atoms with Crippen molar-refractivity contribution < 1.29 is 32.2 Å². The van der Waals surface area contributed by atoms with Crippen LogP contribution in [0, 0.1) is 5.82 Å². The van der Waals surface area contributed by atoms with Crippen molar-refractivity contribution >= 4 is 21.9 Å². The molecule has 0 bridgehead atoms. The lowest BCUT2D eigenvalue weighted by atomic mass is 9.92. The second-order valence-corrected chi connectivity index (χ2v) is 4.47. The lowest BCUT2D eigenvalue weighted by Gasteiger charge is -2.28. The van der Waals surface area contributed by atoms with Crippen LogP contribution in [0.1, 0.15) is 12.5 Å². The number of carbonyl (C=O) groups is 1. The molecule has 0 saturated carbocycles. The number of halogens is 5. The van der Waals surface area contributed by atoms with Crippen LogP contribution in [0.2, 0.25) is 0 Å². The van der Waals surface area contributed by atoms with Crippen LogP contribution in [0.5, 0.6) is 0 Å². The quantitative estimate of drug-likeness (QED) is 0.677. The van der Waals surface area contributed by atoms with Crippen molar-refractivity contribution in [2.75, 3.05) is 6.61 Å². The first-order chi connectivity index (χ1) is 8.64.